The topological polar surface area (TPSA) is 71.2 Å². The third-order valence-electron chi connectivity index (χ3n) is 5.28. The van der Waals surface area contributed by atoms with Crippen molar-refractivity contribution in [3.05, 3.63) is 77.6 Å². The number of benzene rings is 1. The van der Waals surface area contributed by atoms with Crippen molar-refractivity contribution in [1.29, 1.82) is 0 Å². The first-order valence-corrected chi connectivity index (χ1v) is 9.60. The molecular formula is C22H24N4O2. The fourth-order valence-electron chi connectivity index (χ4n) is 3.87. The van der Waals surface area contributed by atoms with Gasteiger partial charge in [-0.3, -0.25) is 9.78 Å². The van der Waals surface area contributed by atoms with Crippen LogP contribution in [0.3, 0.4) is 0 Å². The Balaban J connectivity index is 1.53. The Morgan fingerprint density at radius 3 is 3.00 bits per heavy atom. The van der Waals surface area contributed by atoms with E-state index in [0.717, 1.165) is 29.8 Å². The van der Waals surface area contributed by atoms with Gasteiger partial charge in [0.2, 0.25) is 0 Å². The SMILES string of the molecule is Cc1ccc(O)c(C(=O)N2CCC[C@@H](c3nccn3Cc3cccnc3)C2)c1. The molecule has 0 unspecified atom stereocenters. The molecule has 1 N–H and O–H groups in total. The highest BCUT2D eigenvalue weighted by Gasteiger charge is 2.29. The molecular weight excluding hydrogens is 352 g/mol. The lowest BCUT2D eigenvalue weighted by molar-refractivity contribution is 0.0700. The molecule has 4 rings (SSSR count). The van der Waals surface area contributed by atoms with E-state index in [2.05, 4.69) is 14.5 Å². The number of amides is 1. The number of imidazole rings is 1. The van der Waals surface area contributed by atoms with Gasteiger partial charge in [-0.2, -0.15) is 0 Å². The van der Waals surface area contributed by atoms with Crippen molar-refractivity contribution in [2.45, 2.75) is 32.2 Å². The van der Waals surface area contributed by atoms with Crippen LogP contribution in [0.25, 0.3) is 0 Å². The monoisotopic (exact) mass is 376 g/mol. The zero-order valence-corrected chi connectivity index (χ0v) is 16.0. The van der Waals surface area contributed by atoms with Crippen molar-refractivity contribution in [2.75, 3.05) is 13.1 Å². The molecule has 1 amide bonds. The van der Waals surface area contributed by atoms with Crippen LogP contribution in [0.5, 0.6) is 5.75 Å². The fraction of sp³-hybridized carbons (Fsp3) is 0.318. The third kappa shape index (κ3) is 3.76. The number of pyridine rings is 1. The minimum atomic E-state index is -0.115. The number of carbonyl (C=O) groups excluding carboxylic acids is 1. The maximum Gasteiger partial charge on any atom is 0.257 e. The average Bonchev–Trinajstić information content (AvgIpc) is 3.18. The quantitative estimate of drug-likeness (QED) is 0.758. The molecule has 1 atom stereocenters. The summed E-state index contributed by atoms with van der Waals surface area (Å²) in [5.41, 5.74) is 2.45. The summed E-state index contributed by atoms with van der Waals surface area (Å²) in [5, 5.41) is 10.1. The average molecular weight is 376 g/mol. The van der Waals surface area contributed by atoms with Gasteiger partial charge < -0.3 is 14.6 Å². The van der Waals surface area contributed by atoms with Crippen molar-refractivity contribution in [1.82, 2.24) is 19.4 Å². The minimum absolute atomic E-state index is 0.0378. The molecule has 6 heteroatoms. The zero-order valence-electron chi connectivity index (χ0n) is 16.0. The predicted molar refractivity (Wildman–Crippen MR) is 106 cm³/mol. The number of likely N-dealkylation sites (tertiary alicyclic amines) is 1. The van der Waals surface area contributed by atoms with Crippen LogP contribution in [0.2, 0.25) is 0 Å². The predicted octanol–water partition coefficient (Wildman–Crippen LogP) is 3.36. The van der Waals surface area contributed by atoms with Gasteiger partial charge in [-0.25, -0.2) is 4.98 Å². The zero-order chi connectivity index (χ0) is 19.5. The molecule has 1 fully saturated rings. The number of phenolic OH excluding ortho intramolecular Hbond substituents is 1. The second-order valence-electron chi connectivity index (χ2n) is 7.39. The number of carbonyl (C=O) groups is 1. The maximum atomic E-state index is 13.0. The Hall–Kier alpha value is -3.15. The Bertz CT molecular complexity index is 968. The van der Waals surface area contributed by atoms with Crippen molar-refractivity contribution >= 4 is 5.91 Å². The summed E-state index contributed by atoms with van der Waals surface area (Å²) in [4.78, 5) is 23.6. The molecule has 1 aliphatic heterocycles. The van der Waals surface area contributed by atoms with Crippen molar-refractivity contribution in [3.63, 3.8) is 0 Å². The summed E-state index contributed by atoms with van der Waals surface area (Å²) in [6.45, 7) is 3.94. The Labute approximate surface area is 164 Å². The van der Waals surface area contributed by atoms with Gasteiger partial charge in [-0.05, 0) is 43.5 Å². The molecule has 28 heavy (non-hydrogen) atoms. The number of piperidine rings is 1. The summed E-state index contributed by atoms with van der Waals surface area (Å²) >= 11 is 0. The maximum absolute atomic E-state index is 13.0. The van der Waals surface area contributed by atoms with Gasteiger partial charge in [0, 0.05) is 43.8 Å². The highest BCUT2D eigenvalue weighted by atomic mass is 16.3. The lowest BCUT2D eigenvalue weighted by Crippen LogP contribution is -2.39. The standard InChI is InChI=1S/C22H24N4O2/c1-16-6-7-20(27)19(12-16)22(28)26-10-3-5-18(15-26)21-24-9-11-25(21)14-17-4-2-8-23-13-17/h2,4,6-9,11-13,18,27H,3,5,10,14-15H2,1H3/t18-/m1/s1. The normalized spacial score (nSPS) is 16.9. The molecule has 0 saturated carbocycles. The number of aromatic hydroxyl groups is 1. The van der Waals surface area contributed by atoms with Crippen LogP contribution in [-0.4, -0.2) is 43.5 Å². The smallest absolute Gasteiger partial charge is 0.257 e. The first kappa shape index (κ1) is 18.2. The minimum Gasteiger partial charge on any atom is -0.507 e. The summed E-state index contributed by atoms with van der Waals surface area (Å²) in [5.74, 6) is 1.10. The molecule has 1 aromatic carbocycles. The lowest BCUT2D eigenvalue weighted by atomic mass is 9.96. The highest BCUT2D eigenvalue weighted by Crippen LogP contribution is 2.29. The van der Waals surface area contributed by atoms with Gasteiger partial charge in [0.1, 0.15) is 11.6 Å². The summed E-state index contributed by atoms with van der Waals surface area (Å²) < 4.78 is 2.14. The van der Waals surface area contributed by atoms with E-state index in [9.17, 15) is 9.90 Å². The van der Waals surface area contributed by atoms with E-state index < -0.39 is 0 Å². The molecule has 0 aliphatic carbocycles. The van der Waals surface area contributed by atoms with Gasteiger partial charge in [0.15, 0.2) is 0 Å². The molecule has 144 valence electrons. The van der Waals surface area contributed by atoms with Crippen LogP contribution in [0.1, 0.15) is 46.1 Å². The lowest BCUT2D eigenvalue weighted by Gasteiger charge is -2.33. The molecule has 0 bridgehead atoms. The molecule has 3 aromatic rings. The van der Waals surface area contributed by atoms with Crippen LogP contribution >= 0.6 is 0 Å². The van der Waals surface area contributed by atoms with Crippen LogP contribution in [-0.2, 0) is 6.54 Å². The molecule has 2 aromatic heterocycles. The van der Waals surface area contributed by atoms with Gasteiger partial charge in [-0.1, -0.05) is 17.7 Å². The first-order chi connectivity index (χ1) is 13.6. The van der Waals surface area contributed by atoms with Gasteiger partial charge in [0.05, 0.1) is 12.1 Å². The molecule has 0 spiro atoms. The van der Waals surface area contributed by atoms with Crippen molar-refractivity contribution < 1.29 is 9.90 Å². The number of hydrogen-bond acceptors (Lipinski definition) is 4. The van der Waals surface area contributed by atoms with Crippen LogP contribution in [0, 0.1) is 6.92 Å². The van der Waals surface area contributed by atoms with Crippen LogP contribution in [0.15, 0.2) is 55.1 Å². The Kier molecular flexibility index (Phi) is 5.10. The summed E-state index contributed by atoms with van der Waals surface area (Å²) in [7, 11) is 0. The van der Waals surface area contributed by atoms with Gasteiger partial charge in [0.25, 0.3) is 5.91 Å². The van der Waals surface area contributed by atoms with E-state index in [4.69, 9.17) is 0 Å². The second kappa shape index (κ2) is 7.84. The van der Waals surface area contributed by atoms with Crippen molar-refractivity contribution in [3.8, 4) is 5.75 Å². The second-order valence-corrected chi connectivity index (χ2v) is 7.39. The van der Waals surface area contributed by atoms with E-state index >= 15 is 0 Å². The van der Waals surface area contributed by atoms with Crippen LogP contribution in [0.4, 0.5) is 0 Å². The number of nitrogens with zero attached hydrogens (tertiary/aromatic N) is 4. The van der Waals surface area contributed by atoms with Crippen LogP contribution < -0.4 is 0 Å². The molecule has 3 heterocycles. The highest BCUT2D eigenvalue weighted by molar-refractivity contribution is 5.97. The first-order valence-electron chi connectivity index (χ1n) is 9.60. The number of phenols is 1. The van der Waals surface area contributed by atoms with E-state index in [0.29, 0.717) is 25.2 Å². The summed E-state index contributed by atoms with van der Waals surface area (Å²) in [6, 6.07) is 9.13. The number of aromatic nitrogens is 3. The fourth-order valence-corrected chi connectivity index (χ4v) is 3.87. The molecule has 1 aliphatic rings. The van der Waals surface area contributed by atoms with Gasteiger partial charge >= 0.3 is 0 Å². The largest absolute Gasteiger partial charge is 0.507 e. The summed E-state index contributed by atoms with van der Waals surface area (Å²) in [6.07, 6.45) is 9.34. The third-order valence-corrected chi connectivity index (χ3v) is 5.28. The Morgan fingerprint density at radius 1 is 1.29 bits per heavy atom. The van der Waals surface area contributed by atoms with E-state index in [1.165, 1.54) is 0 Å². The molecule has 0 radical (unpaired) electrons. The van der Waals surface area contributed by atoms with E-state index in [-0.39, 0.29) is 17.6 Å². The Morgan fingerprint density at radius 2 is 2.18 bits per heavy atom. The van der Waals surface area contributed by atoms with Gasteiger partial charge in [-0.15, -0.1) is 0 Å². The number of hydrogen-bond donors (Lipinski definition) is 1. The van der Waals surface area contributed by atoms with E-state index in [1.807, 2.05) is 42.5 Å². The molecule has 1 saturated heterocycles. The number of rotatable bonds is 4. The molecule has 6 nitrogen and oxygen atoms in total. The number of aryl methyl sites for hydroxylation is 1. The van der Waals surface area contributed by atoms with E-state index in [1.54, 1.807) is 24.4 Å². The van der Waals surface area contributed by atoms with Crippen molar-refractivity contribution in [2.24, 2.45) is 0 Å².